The van der Waals surface area contributed by atoms with Crippen LogP contribution in [0.25, 0.3) is 0 Å². The van der Waals surface area contributed by atoms with Crippen LogP contribution in [0.2, 0.25) is 0 Å². The van der Waals surface area contributed by atoms with E-state index < -0.39 is 0 Å². The van der Waals surface area contributed by atoms with E-state index in [-0.39, 0.29) is 5.79 Å². The van der Waals surface area contributed by atoms with Crippen molar-refractivity contribution in [2.24, 2.45) is 5.73 Å². The number of nitrogens with two attached hydrogens (primary N) is 1. The second-order valence-corrected chi connectivity index (χ2v) is 5.35. The maximum absolute atomic E-state index is 6.06. The van der Waals surface area contributed by atoms with Gasteiger partial charge in [-0.05, 0) is 56.3 Å². The highest BCUT2D eigenvalue weighted by Crippen LogP contribution is 2.46. The first-order valence-electron chi connectivity index (χ1n) is 7.02. The van der Waals surface area contributed by atoms with Gasteiger partial charge in [-0.15, -0.1) is 0 Å². The number of hydrogen-bond acceptors (Lipinski definition) is 3. The highest BCUT2D eigenvalue weighted by Gasteiger charge is 2.43. The summed E-state index contributed by atoms with van der Waals surface area (Å²) in [7, 11) is 0. The Morgan fingerprint density at radius 2 is 1.83 bits per heavy atom. The predicted octanol–water partition coefficient (Wildman–Crippen LogP) is 3.01. The Bertz CT molecular complexity index is 425. The van der Waals surface area contributed by atoms with Gasteiger partial charge in [0.1, 0.15) is 0 Å². The van der Waals surface area contributed by atoms with Crippen molar-refractivity contribution in [1.29, 1.82) is 0 Å². The fourth-order valence-electron chi connectivity index (χ4n) is 2.88. The zero-order valence-corrected chi connectivity index (χ0v) is 10.8. The Kier molecular flexibility index (Phi) is 3.16. The van der Waals surface area contributed by atoms with Crippen molar-refractivity contribution in [3.8, 4) is 11.5 Å². The quantitative estimate of drug-likeness (QED) is 0.832. The van der Waals surface area contributed by atoms with Crippen LogP contribution in [-0.2, 0) is 6.42 Å². The standard InChI is InChI=1S/C15H21NO2/c16-10-4-1-5-12-6-7-13-14(11-12)18-15(17-13)8-2-3-9-15/h6-7,11H,1-5,8-10,16H2. The van der Waals surface area contributed by atoms with Gasteiger partial charge in [-0.25, -0.2) is 0 Å². The molecule has 1 spiro atoms. The Morgan fingerprint density at radius 3 is 2.61 bits per heavy atom. The first kappa shape index (κ1) is 11.8. The van der Waals surface area contributed by atoms with Gasteiger partial charge in [0.15, 0.2) is 11.5 Å². The summed E-state index contributed by atoms with van der Waals surface area (Å²) in [4.78, 5) is 0. The lowest BCUT2D eigenvalue weighted by Gasteiger charge is -2.21. The third kappa shape index (κ3) is 2.19. The van der Waals surface area contributed by atoms with Crippen molar-refractivity contribution in [2.45, 2.75) is 50.7 Å². The second-order valence-electron chi connectivity index (χ2n) is 5.35. The van der Waals surface area contributed by atoms with Gasteiger partial charge in [-0.3, -0.25) is 0 Å². The summed E-state index contributed by atoms with van der Waals surface area (Å²) in [5.74, 6) is 1.51. The first-order valence-corrected chi connectivity index (χ1v) is 7.02. The molecule has 0 saturated heterocycles. The smallest absolute Gasteiger partial charge is 0.251 e. The molecule has 1 aromatic rings. The molecule has 1 fully saturated rings. The van der Waals surface area contributed by atoms with Gasteiger partial charge in [0.05, 0.1) is 0 Å². The second kappa shape index (κ2) is 4.81. The largest absolute Gasteiger partial charge is 0.448 e. The van der Waals surface area contributed by atoms with Crippen molar-refractivity contribution in [3.05, 3.63) is 23.8 Å². The van der Waals surface area contributed by atoms with E-state index in [4.69, 9.17) is 15.2 Å². The third-order valence-corrected chi connectivity index (χ3v) is 3.88. The summed E-state index contributed by atoms with van der Waals surface area (Å²) in [6.07, 6.45) is 7.74. The van der Waals surface area contributed by atoms with E-state index >= 15 is 0 Å². The van der Waals surface area contributed by atoms with E-state index in [0.29, 0.717) is 0 Å². The maximum Gasteiger partial charge on any atom is 0.251 e. The van der Waals surface area contributed by atoms with E-state index in [1.54, 1.807) is 0 Å². The molecule has 18 heavy (non-hydrogen) atoms. The van der Waals surface area contributed by atoms with Crippen LogP contribution in [0.1, 0.15) is 44.1 Å². The minimum Gasteiger partial charge on any atom is -0.448 e. The number of hydrogen-bond donors (Lipinski definition) is 1. The van der Waals surface area contributed by atoms with E-state index in [1.165, 1.54) is 18.4 Å². The summed E-state index contributed by atoms with van der Waals surface area (Å²) < 4.78 is 12.0. The van der Waals surface area contributed by atoms with Crippen molar-refractivity contribution in [3.63, 3.8) is 0 Å². The van der Waals surface area contributed by atoms with E-state index in [2.05, 4.69) is 18.2 Å². The van der Waals surface area contributed by atoms with Crippen molar-refractivity contribution < 1.29 is 9.47 Å². The number of aryl methyl sites for hydroxylation is 1. The Labute approximate surface area is 108 Å². The summed E-state index contributed by atoms with van der Waals surface area (Å²) >= 11 is 0. The third-order valence-electron chi connectivity index (χ3n) is 3.88. The summed E-state index contributed by atoms with van der Waals surface area (Å²) in [5.41, 5.74) is 6.84. The number of rotatable bonds is 4. The molecule has 0 radical (unpaired) electrons. The molecule has 1 heterocycles. The lowest BCUT2D eigenvalue weighted by molar-refractivity contribution is -0.0716. The molecule has 2 N–H and O–H groups in total. The molecular weight excluding hydrogens is 226 g/mol. The Hall–Kier alpha value is -1.22. The Balaban J connectivity index is 1.70. The maximum atomic E-state index is 6.06. The molecule has 98 valence electrons. The molecule has 1 aliphatic heterocycles. The van der Waals surface area contributed by atoms with E-state index in [1.807, 2.05) is 0 Å². The van der Waals surface area contributed by atoms with Crippen molar-refractivity contribution in [1.82, 2.24) is 0 Å². The number of benzene rings is 1. The minimum absolute atomic E-state index is 0.335. The van der Waals surface area contributed by atoms with E-state index in [0.717, 1.165) is 50.1 Å². The zero-order valence-electron chi connectivity index (χ0n) is 10.8. The van der Waals surface area contributed by atoms with Crippen LogP contribution < -0.4 is 15.2 Å². The molecular formula is C15H21NO2. The molecule has 0 aromatic heterocycles. The highest BCUT2D eigenvalue weighted by atomic mass is 16.7. The van der Waals surface area contributed by atoms with Crippen molar-refractivity contribution >= 4 is 0 Å². The normalized spacial score (nSPS) is 19.6. The van der Waals surface area contributed by atoms with E-state index in [9.17, 15) is 0 Å². The molecule has 3 rings (SSSR count). The molecule has 0 amide bonds. The highest BCUT2D eigenvalue weighted by molar-refractivity contribution is 5.46. The fourth-order valence-corrected chi connectivity index (χ4v) is 2.88. The average Bonchev–Trinajstić information content (AvgIpc) is 2.96. The molecule has 0 atom stereocenters. The number of ether oxygens (including phenoxy) is 2. The molecule has 2 aliphatic rings. The van der Waals surface area contributed by atoms with Crippen LogP contribution in [0.4, 0.5) is 0 Å². The molecule has 1 saturated carbocycles. The van der Waals surface area contributed by atoms with Gasteiger partial charge in [-0.1, -0.05) is 6.07 Å². The van der Waals surface area contributed by atoms with Gasteiger partial charge >= 0.3 is 0 Å². The van der Waals surface area contributed by atoms with Crippen LogP contribution in [0, 0.1) is 0 Å². The minimum atomic E-state index is -0.335. The zero-order chi connectivity index (χ0) is 12.4. The Morgan fingerprint density at radius 1 is 1.06 bits per heavy atom. The topological polar surface area (TPSA) is 44.5 Å². The molecule has 1 aromatic carbocycles. The number of unbranched alkanes of at least 4 members (excludes halogenated alkanes) is 1. The van der Waals surface area contributed by atoms with Crippen LogP contribution >= 0.6 is 0 Å². The summed E-state index contributed by atoms with van der Waals surface area (Å²) in [5, 5.41) is 0. The molecule has 0 bridgehead atoms. The number of fused-ring (bicyclic) bond motifs is 1. The van der Waals surface area contributed by atoms with Crippen LogP contribution in [0.15, 0.2) is 18.2 Å². The molecule has 1 aliphatic carbocycles. The van der Waals surface area contributed by atoms with Gasteiger partial charge in [-0.2, -0.15) is 0 Å². The molecule has 3 heteroatoms. The van der Waals surface area contributed by atoms with Gasteiger partial charge < -0.3 is 15.2 Å². The fraction of sp³-hybridized carbons (Fsp3) is 0.600. The SMILES string of the molecule is NCCCCc1ccc2c(c1)OC1(CCCC1)O2. The average molecular weight is 247 g/mol. The molecule has 0 unspecified atom stereocenters. The monoisotopic (exact) mass is 247 g/mol. The lowest BCUT2D eigenvalue weighted by Crippen LogP contribution is -2.34. The molecule has 3 nitrogen and oxygen atoms in total. The van der Waals surface area contributed by atoms with Gasteiger partial charge in [0.2, 0.25) is 0 Å². The van der Waals surface area contributed by atoms with Gasteiger partial charge in [0, 0.05) is 12.8 Å². The van der Waals surface area contributed by atoms with Crippen LogP contribution in [-0.4, -0.2) is 12.3 Å². The lowest BCUT2D eigenvalue weighted by atomic mass is 10.1. The predicted molar refractivity (Wildman–Crippen MR) is 70.9 cm³/mol. The van der Waals surface area contributed by atoms with Crippen LogP contribution in [0.3, 0.4) is 0 Å². The van der Waals surface area contributed by atoms with Gasteiger partial charge in [0.25, 0.3) is 5.79 Å². The van der Waals surface area contributed by atoms with Crippen LogP contribution in [0.5, 0.6) is 11.5 Å². The van der Waals surface area contributed by atoms with Crippen molar-refractivity contribution in [2.75, 3.05) is 6.54 Å². The summed E-state index contributed by atoms with van der Waals surface area (Å²) in [6, 6.07) is 6.34. The summed E-state index contributed by atoms with van der Waals surface area (Å²) in [6.45, 7) is 0.771. The first-order chi connectivity index (χ1) is 8.81.